The largest absolute Gasteiger partial charge is 0.493 e. The van der Waals surface area contributed by atoms with E-state index in [9.17, 15) is 14.9 Å². The number of non-ortho nitro benzene ring substituents is 1. The minimum Gasteiger partial charge on any atom is -0.493 e. The van der Waals surface area contributed by atoms with Gasteiger partial charge in [0.1, 0.15) is 6.04 Å². The van der Waals surface area contributed by atoms with Gasteiger partial charge in [0.2, 0.25) is 5.91 Å². The van der Waals surface area contributed by atoms with Crippen molar-refractivity contribution < 1.29 is 19.2 Å². The molecule has 1 heterocycles. The highest BCUT2D eigenvalue weighted by molar-refractivity contribution is 6.16. The van der Waals surface area contributed by atoms with Gasteiger partial charge in [-0.1, -0.05) is 36.4 Å². The average Bonchev–Trinajstić information content (AvgIpc) is 3.41. The fraction of sp³-hybridized carbons (Fsp3) is 0.286. The van der Waals surface area contributed by atoms with Crippen LogP contribution in [0.2, 0.25) is 0 Å². The third-order valence-corrected chi connectivity index (χ3v) is 6.61. The molecule has 0 saturated heterocycles. The summed E-state index contributed by atoms with van der Waals surface area (Å²) in [7, 11) is 1.63. The van der Waals surface area contributed by atoms with Crippen LogP contribution >= 0.6 is 0 Å². The van der Waals surface area contributed by atoms with Crippen molar-refractivity contribution >= 4 is 23.0 Å². The summed E-state index contributed by atoms with van der Waals surface area (Å²) in [5.74, 6) is 0.989. The van der Waals surface area contributed by atoms with Gasteiger partial charge in [-0.15, -0.1) is 0 Å². The first kappa shape index (κ1) is 23.5. The van der Waals surface area contributed by atoms with Crippen LogP contribution in [0.15, 0.2) is 71.7 Å². The highest BCUT2D eigenvalue weighted by Crippen LogP contribution is 2.37. The van der Waals surface area contributed by atoms with E-state index in [4.69, 9.17) is 14.5 Å². The Hall–Kier alpha value is -4.20. The predicted octanol–water partition coefficient (Wildman–Crippen LogP) is 5.33. The molecule has 3 aromatic carbocycles. The molecule has 1 N–H and O–H groups in total. The van der Waals surface area contributed by atoms with Crippen molar-refractivity contribution in [2.75, 3.05) is 12.4 Å². The number of nitro benzene ring substituents is 1. The van der Waals surface area contributed by atoms with Crippen molar-refractivity contribution in [2.45, 2.75) is 44.2 Å². The molecule has 0 radical (unpaired) electrons. The van der Waals surface area contributed by atoms with Crippen LogP contribution in [0, 0.1) is 10.1 Å². The normalized spacial score (nSPS) is 17.1. The van der Waals surface area contributed by atoms with Crippen molar-refractivity contribution in [3.63, 3.8) is 0 Å². The fourth-order valence-corrected chi connectivity index (χ4v) is 4.81. The minimum atomic E-state index is -0.709. The average molecular weight is 486 g/mol. The number of hydrogen-bond donors (Lipinski definition) is 1. The number of carbonyl (C=O) groups is 1. The zero-order valence-electron chi connectivity index (χ0n) is 20.0. The molecule has 0 bridgehead atoms. The molecule has 36 heavy (non-hydrogen) atoms. The lowest BCUT2D eigenvalue weighted by Gasteiger charge is -2.26. The molecule has 1 unspecified atom stereocenters. The second kappa shape index (κ2) is 10.2. The Morgan fingerprint density at radius 2 is 1.81 bits per heavy atom. The molecule has 184 valence electrons. The number of hydrogen-bond acceptors (Lipinski definition) is 6. The molecule has 5 rings (SSSR count). The van der Waals surface area contributed by atoms with E-state index in [1.807, 2.05) is 42.5 Å². The smallest absolute Gasteiger partial charge is 0.271 e. The van der Waals surface area contributed by atoms with Crippen LogP contribution < -0.4 is 14.8 Å². The molecular formula is C28H27N3O5. The summed E-state index contributed by atoms with van der Waals surface area (Å²) in [4.78, 5) is 28.8. The maximum absolute atomic E-state index is 13.3. The lowest BCUT2D eigenvalue weighted by molar-refractivity contribution is -0.384. The van der Waals surface area contributed by atoms with Gasteiger partial charge in [0.25, 0.3) is 5.69 Å². The molecule has 1 saturated carbocycles. The molecule has 1 fully saturated rings. The first-order chi connectivity index (χ1) is 17.5. The maximum atomic E-state index is 13.3. The second-order valence-electron chi connectivity index (χ2n) is 9.04. The van der Waals surface area contributed by atoms with E-state index in [2.05, 4.69) is 5.32 Å². The molecule has 3 aromatic rings. The first-order valence-corrected chi connectivity index (χ1v) is 12.1. The van der Waals surface area contributed by atoms with Gasteiger partial charge in [0, 0.05) is 35.4 Å². The number of carbonyl (C=O) groups excluding carboxylic acids is 1. The summed E-state index contributed by atoms with van der Waals surface area (Å²) in [6.45, 7) is 0. The van der Waals surface area contributed by atoms with Gasteiger partial charge in [-0.05, 0) is 49.4 Å². The Morgan fingerprint density at radius 3 is 2.53 bits per heavy atom. The first-order valence-electron chi connectivity index (χ1n) is 12.1. The van der Waals surface area contributed by atoms with Gasteiger partial charge in [-0.2, -0.15) is 0 Å². The van der Waals surface area contributed by atoms with E-state index in [0.29, 0.717) is 29.3 Å². The summed E-state index contributed by atoms with van der Waals surface area (Å²) in [5.41, 5.74) is 3.69. The second-order valence-corrected chi connectivity index (χ2v) is 9.04. The van der Waals surface area contributed by atoms with E-state index in [0.717, 1.165) is 42.4 Å². The molecule has 0 aromatic heterocycles. The van der Waals surface area contributed by atoms with Crippen LogP contribution in [0.4, 0.5) is 11.4 Å². The van der Waals surface area contributed by atoms with Crippen molar-refractivity contribution in [3.05, 3.63) is 93.5 Å². The van der Waals surface area contributed by atoms with Crippen LogP contribution in [-0.4, -0.2) is 35.8 Å². The number of amides is 1. The molecule has 8 nitrogen and oxygen atoms in total. The fourth-order valence-electron chi connectivity index (χ4n) is 4.81. The Morgan fingerprint density at radius 1 is 1.03 bits per heavy atom. The molecule has 1 aliphatic carbocycles. The third kappa shape index (κ3) is 4.93. The SMILES string of the molecule is COc1cc2c(cc1OC1CCCC1)CC(C(=O)Nc1cccc([N+](=O)[O-])c1)N=C2c1ccccc1. The zero-order chi connectivity index (χ0) is 25.1. The van der Waals surface area contributed by atoms with Crippen molar-refractivity contribution in [2.24, 2.45) is 4.99 Å². The topological polar surface area (TPSA) is 103 Å². The van der Waals surface area contributed by atoms with Gasteiger partial charge < -0.3 is 14.8 Å². The minimum absolute atomic E-state index is 0.0870. The lowest BCUT2D eigenvalue weighted by atomic mass is 9.89. The monoisotopic (exact) mass is 485 g/mol. The number of ether oxygens (including phenoxy) is 2. The molecule has 2 aliphatic rings. The van der Waals surface area contributed by atoms with E-state index in [-0.39, 0.29) is 17.7 Å². The molecule has 0 spiro atoms. The quantitative estimate of drug-likeness (QED) is 0.360. The van der Waals surface area contributed by atoms with Gasteiger partial charge >= 0.3 is 0 Å². The standard InChI is InChI=1S/C28H27N3O5/c1-35-25-17-23-19(15-26(25)36-22-12-5-6-13-22)14-24(30-27(23)18-8-3-2-4-9-18)28(32)29-20-10-7-11-21(16-20)31(33)34/h2-4,7-11,15-17,22,24H,5-6,12-14H2,1H3,(H,29,32). The molecule has 8 heteroatoms. The number of methoxy groups -OCH3 is 1. The van der Waals surface area contributed by atoms with Gasteiger partial charge in [0.15, 0.2) is 11.5 Å². The van der Waals surface area contributed by atoms with Gasteiger partial charge in [-0.25, -0.2) is 0 Å². The predicted molar refractivity (Wildman–Crippen MR) is 137 cm³/mol. The Kier molecular flexibility index (Phi) is 6.66. The summed E-state index contributed by atoms with van der Waals surface area (Å²) in [5, 5.41) is 13.9. The number of nitro groups is 1. The number of aliphatic imine (C=N–C) groups is 1. The summed E-state index contributed by atoms with van der Waals surface area (Å²) >= 11 is 0. The van der Waals surface area contributed by atoms with Crippen molar-refractivity contribution in [1.29, 1.82) is 0 Å². The van der Waals surface area contributed by atoms with Crippen molar-refractivity contribution in [1.82, 2.24) is 0 Å². The summed E-state index contributed by atoms with van der Waals surface area (Å²) in [6, 6.07) is 18.8. The number of fused-ring (bicyclic) bond motifs is 1. The van der Waals surface area contributed by atoms with Crippen molar-refractivity contribution in [3.8, 4) is 11.5 Å². The van der Waals surface area contributed by atoms with E-state index >= 15 is 0 Å². The molecule has 1 atom stereocenters. The molecule has 1 aliphatic heterocycles. The molecule has 1 amide bonds. The van der Waals surface area contributed by atoms with Gasteiger partial charge in [0.05, 0.1) is 23.8 Å². The third-order valence-electron chi connectivity index (χ3n) is 6.61. The molecular weight excluding hydrogens is 458 g/mol. The van der Waals surface area contributed by atoms with Gasteiger partial charge in [-0.3, -0.25) is 19.9 Å². The van der Waals surface area contributed by atoms with Crippen LogP contribution in [0.25, 0.3) is 0 Å². The van der Waals surface area contributed by atoms with Crippen LogP contribution in [-0.2, 0) is 11.2 Å². The van der Waals surface area contributed by atoms with E-state index in [1.165, 1.54) is 12.1 Å². The summed E-state index contributed by atoms with van der Waals surface area (Å²) in [6.07, 6.45) is 4.88. The number of anilines is 1. The summed E-state index contributed by atoms with van der Waals surface area (Å²) < 4.78 is 12.0. The number of nitrogens with one attached hydrogen (secondary N) is 1. The number of benzene rings is 3. The Labute approximate surface area is 209 Å². The lowest BCUT2D eigenvalue weighted by Crippen LogP contribution is -2.33. The van der Waals surface area contributed by atoms with E-state index in [1.54, 1.807) is 19.2 Å². The highest BCUT2D eigenvalue weighted by atomic mass is 16.6. The zero-order valence-corrected chi connectivity index (χ0v) is 20.0. The Bertz CT molecular complexity index is 1320. The highest BCUT2D eigenvalue weighted by Gasteiger charge is 2.30. The number of rotatable bonds is 7. The van der Waals surface area contributed by atoms with Crippen LogP contribution in [0.1, 0.15) is 42.4 Å². The Balaban J connectivity index is 1.50. The maximum Gasteiger partial charge on any atom is 0.271 e. The van der Waals surface area contributed by atoms with E-state index < -0.39 is 11.0 Å². The van der Waals surface area contributed by atoms with Crippen LogP contribution in [0.3, 0.4) is 0 Å². The van der Waals surface area contributed by atoms with Crippen LogP contribution in [0.5, 0.6) is 11.5 Å². The number of nitrogens with zero attached hydrogens (tertiary/aromatic N) is 2.